The lowest BCUT2D eigenvalue weighted by Gasteiger charge is -2.16. The zero-order chi connectivity index (χ0) is 20.1. The van der Waals surface area contributed by atoms with Crippen molar-refractivity contribution in [2.24, 2.45) is 0 Å². The lowest BCUT2D eigenvalue weighted by molar-refractivity contribution is -0.119. The van der Waals surface area contributed by atoms with E-state index in [0.29, 0.717) is 6.07 Å². The molecular weight excluding hydrogens is 373 g/mol. The van der Waals surface area contributed by atoms with Gasteiger partial charge < -0.3 is 10.6 Å². The van der Waals surface area contributed by atoms with Crippen LogP contribution < -0.4 is 10.6 Å². The van der Waals surface area contributed by atoms with Crippen LogP contribution in [0.15, 0.2) is 30.3 Å². The van der Waals surface area contributed by atoms with Crippen LogP contribution in [0.4, 0.5) is 33.3 Å². The van der Waals surface area contributed by atoms with Gasteiger partial charge in [0.2, 0.25) is 11.8 Å². The second-order valence-electron chi connectivity index (χ2n) is 5.62. The van der Waals surface area contributed by atoms with E-state index in [-0.39, 0.29) is 12.2 Å². The maximum absolute atomic E-state index is 13.5. The van der Waals surface area contributed by atoms with Gasteiger partial charge in [0, 0.05) is 6.07 Å². The Balaban J connectivity index is 1.90. The Labute approximate surface area is 150 Å². The van der Waals surface area contributed by atoms with Gasteiger partial charge in [0.1, 0.15) is 11.6 Å². The highest BCUT2D eigenvalue weighted by atomic mass is 19.2. The van der Waals surface area contributed by atoms with Gasteiger partial charge in [-0.1, -0.05) is 0 Å². The quantitative estimate of drug-likeness (QED) is 0.592. The molecule has 27 heavy (non-hydrogen) atoms. The number of rotatable bonds is 6. The first kappa shape index (κ1) is 20.3. The van der Waals surface area contributed by atoms with Crippen LogP contribution in [-0.2, 0) is 9.59 Å². The summed E-state index contributed by atoms with van der Waals surface area (Å²) in [5, 5.41) is 4.19. The highest BCUT2D eigenvalue weighted by Gasteiger charge is 2.17. The Morgan fingerprint density at radius 1 is 0.815 bits per heavy atom. The van der Waals surface area contributed by atoms with Crippen LogP contribution in [0.5, 0.6) is 0 Å². The fourth-order valence-corrected chi connectivity index (χ4v) is 2.14. The largest absolute Gasteiger partial charge is 0.322 e. The molecule has 0 saturated carbocycles. The fraction of sp³-hybridized carbons (Fsp3) is 0.176. The van der Waals surface area contributed by atoms with E-state index < -0.39 is 53.1 Å². The Morgan fingerprint density at radius 3 is 2.00 bits per heavy atom. The van der Waals surface area contributed by atoms with Gasteiger partial charge in [-0.2, -0.15) is 0 Å². The smallest absolute Gasteiger partial charge is 0.238 e. The van der Waals surface area contributed by atoms with Gasteiger partial charge in [0.05, 0.1) is 24.5 Å². The lowest BCUT2D eigenvalue weighted by Crippen LogP contribution is -2.36. The molecule has 0 bridgehead atoms. The predicted octanol–water partition coefficient (Wildman–Crippen LogP) is 2.89. The SMILES string of the molecule is CN(CC(=O)Nc1cc(F)ccc1F)CC(=O)Nc1ccc(F)c(F)c1F. The molecule has 2 N–H and O–H groups in total. The lowest BCUT2D eigenvalue weighted by atomic mass is 10.2. The molecule has 0 aromatic heterocycles. The molecule has 0 saturated heterocycles. The summed E-state index contributed by atoms with van der Waals surface area (Å²) in [6.07, 6.45) is 0. The molecule has 0 unspecified atom stereocenters. The molecule has 0 radical (unpaired) electrons. The monoisotopic (exact) mass is 387 g/mol. The van der Waals surface area contributed by atoms with Gasteiger partial charge in [-0.05, 0) is 31.3 Å². The van der Waals surface area contributed by atoms with Gasteiger partial charge in [0.15, 0.2) is 17.5 Å². The van der Waals surface area contributed by atoms with Crippen molar-refractivity contribution in [1.29, 1.82) is 0 Å². The highest BCUT2D eigenvalue weighted by molar-refractivity contribution is 5.94. The third kappa shape index (κ3) is 5.48. The van der Waals surface area contributed by atoms with E-state index in [1.807, 2.05) is 5.32 Å². The van der Waals surface area contributed by atoms with Crippen molar-refractivity contribution < 1.29 is 31.5 Å². The van der Waals surface area contributed by atoms with Crippen LogP contribution in [0, 0.1) is 29.1 Å². The molecule has 0 fully saturated rings. The van der Waals surface area contributed by atoms with E-state index in [1.54, 1.807) is 0 Å². The number of hydrogen-bond donors (Lipinski definition) is 2. The van der Waals surface area contributed by atoms with Crippen molar-refractivity contribution in [2.45, 2.75) is 0 Å². The molecule has 5 nitrogen and oxygen atoms in total. The van der Waals surface area contributed by atoms with Crippen molar-refractivity contribution in [2.75, 3.05) is 30.8 Å². The second kappa shape index (κ2) is 8.58. The van der Waals surface area contributed by atoms with Crippen molar-refractivity contribution in [3.05, 3.63) is 59.4 Å². The van der Waals surface area contributed by atoms with Gasteiger partial charge in [0.25, 0.3) is 0 Å². The summed E-state index contributed by atoms with van der Waals surface area (Å²) in [6.45, 7) is -0.777. The first-order chi connectivity index (χ1) is 12.7. The average Bonchev–Trinajstić information content (AvgIpc) is 2.58. The van der Waals surface area contributed by atoms with Crippen LogP contribution in [0.3, 0.4) is 0 Å². The van der Waals surface area contributed by atoms with E-state index in [4.69, 9.17) is 0 Å². The predicted molar refractivity (Wildman–Crippen MR) is 87.4 cm³/mol. The Bertz CT molecular complexity index is 876. The maximum Gasteiger partial charge on any atom is 0.238 e. The van der Waals surface area contributed by atoms with E-state index in [0.717, 1.165) is 24.3 Å². The number of carbonyl (C=O) groups is 2. The summed E-state index contributed by atoms with van der Waals surface area (Å²) < 4.78 is 66.0. The minimum Gasteiger partial charge on any atom is -0.322 e. The molecule has 0 aliphatic carbocycles. The Kier molecular flexibility index (Phi) is 6.45. The van der Waals surface area contributed by atoms with Gasteiger partial charge in [-0.3, -0.25) is 14.5 Å². The Morgan fingerprint density at radius 2 is 1.37 bits per heavy atom. The van der Waals surface area contributed by atoms with Crippen LogP contribution in [-0.4, -0.2) is 36.9 Å². The zero-order valence-electron chi connectivity index (χ0n) is 14.0. The molecule has 0 aliphatic heterocycles. The first-order valence-corrected chi connectivity index (χ1v) is 7.54. The van der Waals surface area contributed by atoms with Crippen LogP contribution >= 0.6 is 0 Å². The Hall–Kier alpha value is -3.01. The zero-order valence-corrected chi connectivity index (χ0v) is 14.0. The molecule has 144 valence electrons. The van der Waals surface area contributed by atoms with Gasteiger partial charge in [-0.15, -0.1) is 0 Å². The summed E-state index contributed by atoms with van der Waals surface area (Å²) in [6, 6.07) is 4.03. The number of nitrogens with one attached hydrogen (secondary N) is 2. The molecule has 2 aromatic rings. The fourth-order valence-electron chi connectivity index (χ4n) is 2.14. The van der Waals surface area contributed by atoms with Crippen molar-refractivity contribution in [1.82, 2.24) is 4.90 Å². The van der Waals surface area contributed by atoms with Crippen molar-refractivity contribution >= 4 is 23.2 Å². The summed E-state index contributed by atoms with van der Waals surface area (Å²) in [5.41, 5.74) is -0.916. The van der Waals surface area contributed by atoms with Gasteiger partial charge in [-0.25, -0.2) is 22.0 Å². The van der Waals surface area contributed by atoms with Gasteiger partial charge >= 0.3 is 0 Å². The highest BCUT2D eigenvalue weighted by Crippen LogP contribution is 2.19. The topological polar surface area (TPSA) is 61.4 Å². The first-order valence-electron chi connectivity index (χ1n) is 7.54. The molecule has 10 heteroatoms. The molecular formula is C17H14F5N3O2. The summed E-state index contributed by atoms with van der Waals surface area (Å²) in [7, 11) is 1.36. The summed E-state index contributed by atoms with van der Waals surface area (Å²) >= 11 is 0. The third-order valence-corrected chi connectivity index (χ3v) is 3.34. The summed E-state index contributed by atoms with van der Waals surface area (Å²) in [4.78, 5) is 24.9. The summed E-state index contributed by atoms with van der Waals surface area (Å²) in [5.74, 6) is -7.78. The second-order valence-corrected chi connectivity index (χ2v) is 5.62. The molecule has 0 aliphatic rings. The molecule has 0 spiro atoms. The maximum atomic E-state index is 13.5. The molecule has 2 aromatic carbocycles. The number of benzene rings is 2. The van der Waals surface area contributed by atoms with Crippen LogP contribution in [0.25, 0.3) is 0 Å². The van der Waals surface area contributed by atoms with E-state index in [2.05, 4.69) is 5.32 Å². The minimum absolute atomic E-state index is 0.360. The standard InChI is InChI=1S/C17H14F5N3O2/c1-25(8-15(27)24-13-6-9(18)2-3-10(13)19)7-14(26)23-12-5-4-11(20)16(21)17(12)22/h2-6H,7-8H2,1H3,(H,23,26)(H,24,27). The average molecular weight is 387 g/mol. The number of likely N-dealkylation sites (N-methyl/N-ethyl adjacent to an activating group) is 1. The number of hydrogen-bond acceptors (Lipinski definition) is 3. The third-order valence-electron chi connectivity index (χ3n) is 3.34. The number of carbonyl (C=O) groups excluding carboxylic acids is 2. The number of anilines is 2. The number of amides is 2. The van der Waals surface area contributed by atoms with E-state index >= 15 is 0 Å². The van der Waals surface area contributed by atoms with Crippen molar-refractivity contribution in [3.8, 4) is 0 Å². The normalized spacial score (nSPS) is 10.8. The van der Waals surface area contributed by atoms with Crippen LogP contribution in [0.1, 0.15) is 0 Å². The van der Waals surface area contributed by atoms with Crippen LogP contribution in [0.2, 0.25) is 0 Å². The molecule has 2 amide bonds. The molecule has 0 heterocycles. The van der Waals surface area contributed by atoms with Crippen molar-refractivity contribution in [3.63, 3.8) is 0 Å². The minimum atomic E-state index is -1.72. The van der Waals surface area contributed by atoms with E-state index in [1.165, 1.54) is 11.9 Å². The molecule has 0 atom stereocenters. The van der Waals surface area contributed by atoms with E-state index in [9.17, 15) is 31.5 Å². The number of nitrogens with zero attached hydrogens (tertiary/aromatic N) is 1. The molecule has 2 rings (SSSR count). The number of halogens is 5.